The summed E-state index contributed by atoms with van der Waals surface area (Å²) in [6.07, 6.45) is 0. The quantitative estimate of drug-likeness (QED) is 0.819. The SMILES string of the molecule is C[C@H](C(=O)Nc1ccc2c(c1)OCCO2)[NH+]1CCN(c2ccccc2Cl)CC1. The van der Waals surface area contributed by atoms with Crippen LogP contribution in [0.3, 0.4) is 0 Å². The molecule has 2 N–H and O–H groups in total. The molecule has 2 aliphatic rings. The Kier molecular flexibility index (Phi) is 5.59. The van der Waals surface area contributed by atoms with E-state index in [1.807, 2.05) is 49.4 Å². The molecule has 6 nitrogen and oxygen atoms in total. The summed E-state index contributed by atoms with van der Waals surface area (Å²) in [6, 6.07) is 13.3. The van der Waals surface area contributed by atoms with Gasteiger partial charge in [0.15, 0.2) is 17.5 Å². The summed E-state index contributed by atoms with van der Waals surface area (Å²) in [5.41, 5.74) is 1.80. The largest absolute Gasteiger partial charge is 0.486 e. The van der Waals surface area contributed by atoms with Crippen molar-refractivity contribution in [2.45, 2.75) is 13.0 Å². The van der Waals surface area contributed by atoms with Crippen molar-refractivity contribution in [2.75, 3.05) is 49.6 Å². The predicted octanol–water partition coefficient (Wildman–Crippen LogP) is 1.84. The van der Waals surface area contributed by atoms with Gasteiger partial charge in [-0.2, -0.15) is 0 Å². The van der Waals surface area contributed by atoms with Gasteiger partial charge in [-0.1, -0.05) is 23.7 Å². The van der Waals surface area contributed by atoms with Crippen LogP contribution in [0.5, 0.6) is 11.5 Å². The van der Waals surface area contributed by atoms with Crippen molar-refractivity contribution < 1.29 is 19.2 Å². The molecule has 2 heterocycles. The Balaban J connectivity index is 1.34. The average molecular weight is 403 g/mol. The highest BCUT2D eigenvalue weighted by Gasteiger charge is 2.30. The third-order valence-electron chi connectivity index (χ3n) is 5.41. The standard InChI is InChI=1S/C21H24ClN3O3/c1-15(21(26)23-16-6-7-19-20(14-16)28-13-12-27-19)24-8-10-25(11-9-24)18-5-3-2-4-17(18)22/h2-7,14-15H,8-13H2,1H3,(H,23,26)/p+1/t15-/m1/s1. The van der Waals surface area contributed by atoms with Gasteiger partial charge in [-0.05, 0) is 31.2 Å². The predicted molar refractivity (Wildman–Crippen MR) is 110 cm³/mol. The van der Waals surface area contributed by atoms with Crippen LogP contribution in [0.25, 0.3) is 0 Å². The summed E-state index contributed by atoms with van der Waals surface area (Å²) in [5, 5.41) is 3.78. The number of nitrogens with zero attached hydrogens (tertiary/aromatic N) is 1. The highest BCUT2D eigenvalue weighted by Crippen LogP contribution is 2.32. The first kappa shape index (κ1) is 18.9. The Morgan fingerprint density at radius 1 is 1.11 bits per heavy atom. The molecule has 1 saturated heterocycles. The summed E-state index contributed by atoms with van der Waals surface area (Å²) in [6.45, 7) is 6.59. The fourth-order valence-electron chi connectivity index (χ4n) is 3.73. The minimum atomic E-state index is -0.137. The van der Waals surface area contributed by atoms with Crippen LogP contribution < -0.4 is 24.6 Å². The van der Waals surface area contributed by atoms with E-state index < -0.39 is 0 Å². The Morgan fingerprint density at radius 2 is 1.82 bits per heavy atom. The van der Waals surface area contributed by atoms with Crippen LogP contribution >= 0.6 is 11.6 Å². The summed E-state index contributed by atoms with van der Waals surface area (Å²) in [5.74, 6) is 1.41. The zero-order chi connectivity index (χ0) is 19.5. The van der Waals surface area contributed by atoms with Crippen molar-refractivity contribution in [3.05, 3.63) is 47.5 Å². The van der Waals surface area contributed by atoms with E-state index in [1.165, 1.54) is 4.90 Å². The molecule has 1 fully saturated rings. The van der Waals surface area contributed by atoms with Crippen LogP contribution in [-0.2, 0) is 4.79 Å². The van der Waals surface area contributed by atoms with Crippen molar-refractivity contribution >= 4 is 28.9 Å². The van der Waals surface area contributed by atoms with Crippen LogP contribution in [0.15, 0.2) is 42.5 Å². The number of quaternary nitrogens is 1. The molecule has 1 amide bonds. The highest BCUT2D eigenvalue weighted by molar-refractivity contribution is 6.33. The molecule has 2 aromatic rings. The molecule has 4 rings (SSSR count). The molecule has 0 saturated carbocycles. The Labute approximate surface area is 170 Å². The lowest BCUT2D eigenvalue weighted by Crippen LogP contribution is -3.19. The molecule has 0 aliphatic carbocycles. The van der Waals surface area contributed by atoms with Gasteiger partial charge in [-0.15, -0.1) is 0 Å². The van der Waals surface area contributed by atoms with E-state index >= 15 is 0 Å². The monoisotopic (exact) mass is 402 g/mol. The van der Waals surface area contributed by atoms with Crippen molar-refractivity contribution in [2.24, 2.45) is 0 Å². The average Bonchev–Trinajstić information content (AvgIpc) is 2.73. The van der Waals surface area contributed by atoms with E-state index in [4.69, 9.17) is 21.1 Å². The fourth-order valence-corrected chi connectivity index (χ4v) is 3.99. The van der Waals surface area contributed by atoms with Crippen LogP contribution in [-0.4, -0.2) is 51.3 Å². The van der Waals surface area contributed by atoms with E-state index in [0.29, 0.717) is 19.0 Å². The molecule has 0 bridgehead atoms. The van der Waals surface area contributed by atoms with Crippen LogP contribution in [0.1, 0.15) is 6.92 Å². The van der Waals surface area contributed by atoms with Gasteiger partial charge in [-0.3, -0.25) is 4.79 Å². The Hall–Kier alpha value is -2.44. The van der Waals surface area contributed by atoms with Crippen LogP contribution in [0.4, 0.5) is 11.4 Å². The summed E-state index contributed by atoms with van der Waals surface area (Å²) in [4.78, 5) is 16.3. The molecule has 0 aromatic heterocycles. The number of nitrogens with one attached hydrogen (secondary N) is 2. The molecule has 28 heavy (non-hydrogen) atoms. The molecule has 7 heteroatoms. The number of halogens is 1. The lowest BCUT2D eigenvalue weighted by molar-refractivity contribution is -0.914. The first-order valence-corrected chi connectivity index (χ1v) is 10.0. The summed E-state index contributed by atoms with van der Waals surface area (Å²) < 4.78 is 11.1. The minimum absolute atomic E-state index is 0.0119. The molecule has 0 unspecified atom stereocenters. The fraction of sp³-hybridized carbons (Fsp3) is 0.381. The number of carbonyl (C=O) groups is 1. The molecule has 0 spiro atoms. The Morgan fingerprint density at radius 3 is 2.57 bits per heavy atom. The third kappa shape index (κ3) is 4.03. The number of amides is 1. The summed E-state index contributed by atoms with van der Waals surface area (Å²) in [7, 11) is 0. The van der Waals surface area contributed by atoms with Crippen molar-refractivity contribution in [3.63, 3.8) is 0 Å². The van der Waals surface area contributed by atoms with Crippen molar-refractivity contribution in [1.82, 2.24) is 0 Å². The van der Waals surface area contributed by atoms with Crippen molar-refractivity contribution in [3.8, 4) is 11.5 Å². The van der Waals surface area contributed by atoms with Crippen molar-refractivity contribution in [1.29, 1.82) is 0 Å². The number of hydrogen-bond donors (Lipinski definition) is 2. The maximum absolute atomic E-state index is 12.7. The zero-order valence-corrected chi connectivity index (χ0v) is 16.7. The number of carbonyl (C=O) groups excluding carboxylic acids is 1. The van der Waals surface area contributed by atoms with Gasteiger partial charge in [0.25, 0.3) is 5.91 Å². The third-order valence-corrected chi connectivity index (χ3v) is 5.73. The molecular weight excluding hydrogens is 378 g/mol. The van der Waals surface area contributed by atoms with E-state index in [0.717, 1.165) is 48.3 Å². The molecule has 148 valence electrons. The highest BCUT2D eigenvalue weighted by atomic mass is 35.5. The van der Waals surface area contributed by atoms with E-state index in [-0.39, 0.29) is 11.9 Å². The molecule has 2 aliphatic heterocycles. The number of hydrogen-bond acceptors (Lipinski definition) is 4. The number of benzene rings is 2. The number of para-hydroxylation sites is 1. The number of piperazine rings is 1. The van der Waals surface area contributed by atoms with Crippen LogP contribution in [0.2, 0.25) is 5.02 Å². The maximum atomic E-state index is 12.7. The maximum Gasteiger partial charge on any atom is 0.282 e. The topological polar surface area (TPSA) is 55.2 Å². The van der Waals surface area contributed by atoms with E-state index in [1.54, 1.807) is 0 Å². The van der Waals surface area contributed by atoms with Gasteiger partial charge in [0, 0.05) is 11.8 Å². The van der Waals surface area contributed by atoms with Crippen LogP contribution in [0, 0.1) is 0 Å². The van der Waals surface area contributed by atoms with Gasteiger partial charge >= 0.3 is 0 Å². The first-order chi connectivity index (χ1) is 13.6. The van der Waals surface area contributed by atoms with Gasteiger partial charge < -0.3 is 24.6 Å². The molecule has 0 radical (unpaired) electrons. The summed E-state index contributed by atoms with van der Waals surface area (Å²) >= 11 is 6.32. The van der Waals surface area contributed by atoms with Gasteiger partial charge in [0.05, 0.1) is 36.9 Å². The second-order valence-corrected chi connectivity index (χ2v) is 7.57. The Bertz CT molecular complexity index is 853. The van der Waals surface area contributed by atoms with E-state index in [9.17, 15) is 4.79 Å². The lowest BCUT2D eigenvalue weighted by Gasteiger charge is -2.36. The number of rotatable bonds is 4. The number of fused-ring (bicyclic) bond motifs is 1. The normalized spacial score (nSPS) is 17.9. The van der Waals surface area contributed by atoms with Gasteiger partial charge in [0.2, 0.25) is 0 Å². The molecular formula is C21H25ClN3O3+. The minimum Gasteiger partial charge on any atom is -0.486 e. The number of ether oxygens (including phenoxy) is 2. The second-order valence-electron chi connectivity index (χ2n) is 7.17. The van der Waals surface area contributed by atoms with E-state index in [2.05, 4.69) is 10.2 Å². The molecule has 1 atom stereocenters. The van der Waals surface area contributed by atoms with Gasteiger partial charge in [0.1, 0.15) is 13.2 Å². The lowest BCUT2D eigenvalue weighted by atomic mass is 10.2. The zero-order valence-electron chi connectivity index (χ0n) is 15.9. The van der Waals surface area contributed by atoms with Gasteiger partial charge in [-0.25, -0.2) is 0 Å². The molecule has 2 aromatic carbocycles. The second kappa shape index (κ2) is 8.29. The first-order valence-electron chi connectivity index (χ1n) is 9.66. The number of anilines is 2. The smallest absolute Gasteiger partial charge is 0.282 e.